The topological polar surface area (TPSA) is 68.1 Å². The molecule has 6 heteroatoms. The Bertz CT molecular complexity index is 832. The van der Waals surface area contributed by atoms with Crippen LogP contribution in [0.25, 0.3) is 10.9 Å². The SMILES string of the molecule is O=C(CCn1nnc2ccccc2c1=O)N1CC[C@@H]2CCCC[C@H]2C1. The molecule has 0 bridgehead atoms. The van der Waals surface area contributed by atoms with Crippen LogP contribution in [0.4, 0.5) is 0 Å². The first-order valence-corrected chi connectivity index (χ1v) is 9.32. The monoisotopic (exact) mass is 340 g/mol. The van der Waals surface area contributed by atoms with Gasteiger partial charge in [-0.15, -0.1) is 5.10 Å². The normalized spacial score (nSPS) is 23.4. The van der Waals surface area contributed by atoms with Crippen molar-refractivity contribution < 1.29 is 4.79 Å². The second-order valence-corrected chi connectivity index (χ2v) is 7.32. The van der Waals surface area contributed by atoms with Gasteiger partial charge in [-0.25, -0.2) is 4.68 Å². The summed E-state index contributed by atoms with van der Waals surface area (Å²) in [5.74, 6) is 1.62. The lowest BCUT2D eigenvalue weighted by Crippen LogP contribution is -2.45. The number of nitrogens with zero attached hydrogens (tertiary/aromatic N) is 4. The molecule has 1 amide bonds. The third kappa shape index (κ3) is 3.30. The lowest BCUT2D eigenvalue weighted by Gasteiger charge is -2.41. The average Bonchev–Trinajstić information content (AvgIpc) is 2.67. The molecule has 1 aromatic carbocycles. The summed E-state index contributed by atoms with van der Waals surface area (Å²) in [6.45, 7) is 2.04. The fourth-order valence-electron chi connectivity index (χ4n) is 4.36. The number of hydrogen-bond acceptors (Lipinski definition) is 4. The van der Waals surface area contributed by atoms with Crippen LogP contribution in [0.1, 0.15) is 38.5 Å². The Labute approximate surface area is 146 Å². The average molecular weight is 340 g/mol. The number of piperidine rings is 1. The van der Waals surface area contributed by atoms with Crippen LogP contribution in [-0.2, 0) is 11.3 Å². The highest BCUT2D eigenvalue weighted by Crippen LogP contribution is 2.36. The van der Waals surface area contributed by atoms with Gasteiger partial charge in [0.25, 0.3) is 5.56 Å². The highest BCUT2D eigenvalue weighted by molar-refractivity contribution is 5.77. The number of aromatic nitrogens is 3. The van der Waals surface area contributed by atoms with Gasteiger partial charge in [-0.2, -0.15) is 0 Å². The summed E-state index contributed by atoms with van der Waals surface area (Å²) in [5.41, 5.74) is 0.416. The Morgan fingerprint density at radius 1 is 1.12 bits per heavy atom. The van der Waals surface area contributed by atoms with Crippen LogP contribution in [0.15, 0.2) is 29.1 Å². The first kappa shape index (κ1) is 16.2. The second-order valence-electron chi connectivity index (χ2n) is 7.32. The predicted molar refractivity (Wildman–Crippen MR) is 95.1 cm³/mol. The third-order valence-corrected chi connectivity index (χ3v) is 5.81. The summed E-state index contributed by atoms with van der Waals surface area (Å²) in [7, 11) is 0. The van der Waals surface area contributed by atoms with Crippen molar-refractivity contribution in [3.8, 4) is 0 Å². The summed E-state index contributed by atoms with van der Waals surface area (Å²) < 4.78 is 1.31. The van der Waals surface area contributed by atoms with Crippen LogP contribution < -0.4 is 5.56 Å². The fourth-order valence-corrected chi connectivity index (χ4v) is 4.36. The van der Waals surface area contributed by atoms with Crippen molar-refractivity contribution in [3.63, 3.8) is 0 Å². The number of rotatable bonds is 3. The molecular formula is C19H24N4O2. The first-order valence-electron chi connectivity index (χ1n) is 9.32. The molecule has 0 N–H and O–H groups in total. The molecule has 6 nitrogen and oxygen atoms in total. The molecule has 2 aromatic rings. The van der Waals surface area contributed by atoms with Crippen molar-refractivity contribution >= 4 is 16.8 Å². The number of benzene rings is 1. The molecule has 1 aliphatic heterocycles. The number of hydrogen-bond donors (Lipinski definition) is 0. The molecule has 2 aliphatic rings. The summed E-state index contributed by atoms with van der Waals surface area (Å²) >= 11 is 0. The molecule has 0 radical (unpaired) electrons. The van der Waals surface area contributed by atoms with E-state index in [4.69, 9.17) is 0 Å². The molecular weight excluding hydrogens is 316 g/mol. The lowest BCUT2D eigenvalue weighted by atomic mass is 9.75. The molecule has 1 aromatic heterocycles. The van der Waals surface area contributed by atoms with Crippen LogP contribution in [0, 0.1) is 11.8 Å². The van der Waals surface area contributed by atoms with Gasteiger partial charge >= 0.3 is 0 Å². The van der Waals surface area contributed by atoms with E-state index in [9.17, 15) is 9.59 Å². The van der Waals surface area contributed by atoms with Gasteiger partial charge in [-0.3, -0.25) is 9.59 Å². The zero-order valence-electron chi connectivity index (χ0n) is 14.4. The molecule has 0 unspecified atom stereocenters. The largest absolute Gasteiger partial charge is 0.342 e. The summed E-state index contributed by atoms with van der Waals surface area (Å²) in [6.07, 6.45) is 6.67. The Kier molecular flexibility index (Phi) is 4.51. The standard InChI is InChI=1S/C19H24N4O2/c24-18(22-11-9-14-5-1-2-6-15(14)13-22)10-12-23-19(25)16-7-3-4-8-17(16)20-21-23/h3-4,7-8,14-15H,1-2,5-6,9-13H2/t14-,15-/m0/s1. The van der Waals surface area contributed by atoms with E-state index in [1.807, 2.05) is 17.0 Å². The van der Waals surface area contributed by atoms with E-state index in [1.165, 1.54) is 30.4 Å². The van der Waals surface area contributed by atoms with Crippen molar-refractivity contribution in [2.45, 2.75) is 45.1 Å². The number of likely N-dealkylation sites (tertiary alicyclic amines) is 1. The van der Waals surface area contributed by atoms with E-state index < -0.39 is 0 Å². The molecule has 132 valence electrons. The van der Waals surface area contributed by atoms with E-state index >= 15 is 0 Å². The molecule has 4 rings (SSSR count). The highest BCUT2D eigenvalue weighted by Gasteiger charge is 2.32. The number of fused-ring (bicyclic) bond motifs is 2. The molecule has 2 heterocycles. The van der Waals surface area contributed by atoms with Crippen LogP contribution in [0.2, 0.25) is 0 Å². The number of aryl methyl sites for hydroxylation is 1. The van der Waals surface area contributed by atoms with Crippen molar-refractivity contribution in [2.24, 2.45) is 11.8 Å². The smallest absolute Gasteiger partial charge is 0.277 e. The number of carbonyl (C=O) groups excluding carboxylic acids is 1. The Hall–Kier alpha value is -2.24. The maximum atomic E-state index is 12.6. The van der Waals surface area contributed by atoms with Crippen LogP contribution >= 0.6 is 0 Å². The van der Waals surface area contributed by atoms with Crippen molar-refractivity contribution in [3.05, 3.63) is 34.6 Å². The molecule has 1 saturated heterocycles. The van der Waals surface area contributed by atoms with Gasteiger partial charge in [0.2, 0.25) is 5.91 Å². The predicted octanol–water partition coefficient (Wildman–Crippen LogP) is 2.22. The van der Waals surface area contributed by atoms with Crippen LogP contribution in [0.5, 0.6) is 0 Å². The Morgan fingerprint density at radius 2 is 1.92 bits per heavy atom. The second kappa shape index (κ2) is 6.94. The lowest BCUT2D eigenvalue weighted by molar-refractivity contribution is -0.134. The number of amides is 1. The van der Waals surface area contributed by atoms with Crippen LogP contribution in [-0.4, -0.2) is 38.9 Å². The van der Waals surface area contributed by atoms with Gasteiger partial charge in [0, 0.05) is 19.5 Å². The van der Waals surface area contributed by atoms with E-state index in [0.29, 0.717) is 29.8 Å². The zero-order chi connectivity index (χ0) is 17.2. The van der Waals surface area contributed by atoms with Gasteiger partial charge in [0.15, 0.2) is 0 Å². The minimum Gasteiger partial charge on any atom is -0.342 e. The van der Waals surface area contributed by atoms with Gasteiger partial charge in [-0.1, -0.05) is 36.6 Å². The fraction of sp³-hybridized carbons (Fsp3) is 0.579. The molecule has 0 spiro atoms. The van der Waals surface area contributed by atoms with E-state index in [2.05, 4.69) is 10.3 Å². The summed E-state index contributed by atoms with van der Waals surface area (Å²) in [5, 5.41) is 8.60. The molecule has 2 atom stereocenters. The number of carbonyl (C=O) groups is 1. The molecule has 2 fully saturated rings. The van der Waals surface area contributed by atoms with E-state index in [-0.39, 0.29) is 11.5 Å². The Morgan fingerprint density at radius 3 is 2.80 bits per heavy atom. The van der Waals surface area contributed by atoms with Crippen LogP contribution in [0.3, 0.4) is 0 Å². The maximum absolute atomic E-state index is 12.6. The summed E-state index contributed by atoms with van der Waals surface area (Å²) in [4.78, 5) is 27.0. The zero-order valence-corrected chi connectivity index (χ0v) is 14.4. The third-order valence-electron chi connectivity index (χ3n) is 5.81. The van der Waals surface area contributed by atoms with E-state index in [0.717, 1.165) is 25.4 Å². The van der Waals surface area contributed by atoms with Gasteiger partial charge < -0.3 is 4.90 Å². The maximum Gasteiger partial charge on any atom is 0.277 e. The molecule has 1 saturated carbocycles. The minimum absolute atomic E-state index is 0.130. The van der Waals surface area contributed by atoms with Crippen molar-refractivity contribution in [1.82, 2.24) is 19.9 Å². The quantitative estimate of drug-likeness (QED) is 0.859. The Balaban J connectivity index is 1.40. The van der Waals surface area contributed by atoms with Gasteiger partial charge in [-0.05, 0) is 36.8 Å². The minimum atomic E-state index is -0.176. The summed E-state index contributed by atoms with van der Waals surface area (Å²) in [6, 6.07) is 7.17. The first-order chi connectivity index (χ1) is 12.2. The van der Waals surface area contributed by atoms with Crippen molar-refractivity contribution in [2.75, 3.05) is 13.1 Å². The molecule has 25 heavy (non-hydrogen) atoms. The highest BCUT2D eigenvalue weighted by atomic mass is 16.2. The molecule has 1 aliphatic carbocycles. The van der Waals surface area contributed by atoms with Gasteiger partial charge in [0.1, 0.15) is 5.52 Å². The van der Waals surface area contributed by atoms with Crippen molar-refractivity contribution in [1.29, 1.82) is 0 Å². The van der Waals surface area contributed by atoms with E-state index in [1.54, 1.807) is 12.1 Å². The van der Waals surface area contributed by atoms with Gasteiger partial charge in [0.05, 0.1) is 11.9 Å².